The molecule has 0 unspecified atom stereocenters. The van der Waals surface area contributed by atoms with Crippen molar-refractivity contribution in [3.05, 3.63) is 47.9 Å². The summed E-state index contributed by atoms with van der Waals surface area (Å²) < 4.78 is 16.9. The fraction of sp³-hybridized carbons (Fsp3) is 0.389. The first-order chi connectivity index (χ1) is 11.9. The summed E-state index contributed by atoms with van der Waals surface area (Å²) in [5.41, 5.74) is 1.06. The quantitative estimate of drug-likeness (QED) is 0.411. The van der Waals surface area contributed by atoms with E-state index >= 15 is 0 Å². The fourth-order valence-electron chi connectivity index (χ4n) is 2.55. The number of aliphatic imine (C=N–C) groups is 1. The lowest BCUT2D eigenvalue weighted by atomic mass is 10.2. The summed E-state index contributed by atoms with van der Waals surface area (Å²) in [5, 5.41) is 6.59. The lowest BCUT2D eigenvalue weighted by Crippen LogP contribution is -2.37. The van der Waals surface area contributed by atoms with Crippen LogP contribution in [0.4, 0.5) is 0 Å². The number of rotatable bonds is 5. The molecule has 0 spiro atoms. The van der Waals surface area contributed by atoms with E-state index < -0.39 is 0 Å². The number of para-hydroxylation sites is 1. The summed E-state index contributed by atoms with van der Waals surface area (Å²) in [6.07, 6.45) is 3.40. The molecule has 1 aromatic carbocycles. The van der Waals surface area contributed by atoms with Crippen LogP contribution in [0.3, 0.4) is 0 Å². The highest BCUT2D eigenvalue weighted by atomic mass is 127. The Labute approximate surface area is 165 Å². The molecule has 2 heterocycles. The molecule has 1 aromatic heterocycles. The number of guanidine groups is 1. The van der Waals surface area contributed by atoms with Gasteiger partial charge in [0.2, 0.25) is 0 Å². The Kier molecular flexibility index (Phi) is 7.90. The maximum Gasteiger partial charge on any atom is 0.191 e. The van der Waals surface area contributed by atoms with Crippen LogP contribution in [0, 0.1) is 0 Å². The van der Waals surface area contributed by atoms with Gasteiger partial charge in [-0.25, -0.2) is 0 Å². The van der Waals surface area contributed by atoms with E-state index in [9.17, 15) is 0 Å². The van der Waals surface area contributed by atoms with E-state index in [-0.39, 0.29) is 24.0 Å². The lowest BCUT2D eigenvalue weighted by molar-refractivity contribution is 0.296. The summed E-state index contributed by atoms with van der Waals surface area (Å²) in [7, 11) is 1.76. The summed E-state index contributed by atoms with van der Waals surface area (Å²) in [5.74, 6) is 3.34. The van der Waals surface area contributed by atoms with Gasteiger partial charge in [0.1, 0.15) is 5.76 Å². The first-order valence-corrected chi connectivity index (χ1v) is 8.21. The van der Waals surface area contributed by atoms with Crippen LogP contribution in [0.25, 0.3) is 0 Å². The number of hydrogen-bond acceptors (Lipinski definition) is 4. The predicted molar refractivity (Wildman–Crippen MR) is 108 cm³/mol. The first-order valence-electron chi connectivity index (χ1n) is 8.21. The van der Waals surface area contributed by atoms with Crippen molar-refractivity contribution in [2.45, 2.75) is 19.4 Å². The SMILES string of the molecule is CN=C(NCCc1ccco1)NCc1cccc2c1OCCCO2.I. The highest BCUT2D eigenvalue weighted by Crippen LogP contribution is 2.33. The van der Waals surface area contributed by atoms with Gasteiger partial charge in [0.05, 0.1) is 19.5 Å². The van der Waals surface area contributed by atoms with Crippen molar-refractivity contribution in [3.63, 3.8) is 0 Å². The Hall–Kier alpha value is -1.90. The molecule has 2 aromatic rings. The van der Waals surface area contributed by atoms with E-state index in [1.165, 1.54) is 0 Å². The van der Waals surface area contributed by atoms with E-state index in [1.807, 2.05) is 30.3 Å². The molecule has 0 saturated carbocycles. The van der Waals surface area contributed by atoms with E-state index in [1.54, 1.807) is 13.3 Å². The molecule has 0 bridgehead atoms. The minimum atomic E-state index is 0. The van der Waals surface area contributed by atoms with Gasteiger partial charge in [-0.3, -0.25) is 4.99 Å². The van der Waals surface area contributed by atoms with Crippen molar-refractivity contribution in [2.75, 3.05) is 26.8 Å². The Bertz CT molecular complexity index is 674. The fourth-order valence-corrected chi connectivity index (χ4v) is 2.55. The van der Waals surface area contributed by atoms with E-state index in [4.69, 9.17) is 13.9 Å². The minimum absolute atomic E-state index is 0. The topological polar surface area (TPSA) is 68.0 Å². The zero-order valence-corrected chi connectivity index (χ0v) is 16.6. The molecular weight excluding hydrogens is 433 g/mol. The summed E-state index contributed by atoms with van der Waals surface area (Å²) in [6.45, 7) is 2.74. The molecule has 3 rings (SSSR count). The third-order valence-corrected chi connectivity index (χ3v) is 3.77. The van der Waals surface area contributed by atoms with Gasteiger partial charge in [0.15, 0.2) is 17.5 Å². The van der Waals surface area contributed by atoms with Crippen molar-refractivity contribution in [2.24, 2.45) is 4.99 Å². The van der Waals surface area contributed by atoms with E-state index in [0.29, 0.717) is 19.8 Å². The molecule has 1 aliphatic heterocycles. The Balaban J connectivity index is 0.00000225. The highest BCUT2D eigenvalue weighted by Gasteiger charge is 2.14. The third-order valence-electron chi connectivity index (χ3n) is 3.77. The van der Waals surface area contributed by atoms with Crippen LogP contribution >= 0.6 is 24.0 Å². The molecule has 0 aliphatic carbocycles. The van der Waals surface area contributed by atoms with Crippen LogP contribution in [0.5, 0.6) is 11.5 Å². The average Bonchev–Trinajstić information content (AvgIpc) is 3.00. The second kappa shape index (κ2) is 10.2. The number of fused-ring (bicyclic) bond motifs is 1. The van der Waals surface area contributed by atoms with Crippen LogP contribution in [-0.4, -0.2) is 32.8 Å². The molecule has 0 radical (unpaired) electrons. The van der Waals surface area contributed by atoms with E-state index in [2.05, 4.69) is 15.6 Å². The van der Waals surface area contributed by atoms with Crippen molar-refractivity contribution in [1.82, 2.24) is 10.6 Å². The first kappa shape index (κ1) is 19.4. The molecule has 6 nitrogen and oxygen atoms in total. The summed E-state index contributed by atoms with van der Waals surface area (Å²) in [6, 6.07) is 9.83. The molecule has 25 heavy (non-hydrogen) atoms. The largest absolute Gasteiger partial charge is 0.490 e. The van der Waals surface area contributed by atoms with Crippen molar-refractivity contribution < 1.29 is 13.9 Å². The van der Waals surface area contributed by atoms with Gasteiger partial charge in [-0.2, -0.15) is 0 Å². The normalized spacial score (nSPS) is 13.6. The Morgan fingerprint density at radius 1 is 1.12 bits per heavy atom. The second-order valence-corrected chi connectivity index (χ2v) is 5.48. The number of hydrogen-bond donors (Lipinski definition) is 2. The van der Waals surface area contributed by atoms with Crippen LogP contribution in [0.1, 0.15) is 17.7 Å². The molecule has 0 atom stereocenters. The molecule has 0 amide bonds. The van der Waals surface area contributed by atoms with Crippen LogP contribution in [0.15, 0.2) is 46.0 Å². The van der Waals surface area contributed by atoms with Crippen LogP contribution < -0.4 is 20.1 Å². The summed E-state index contributed by atoms with van der Waals surface area (Å²) in [4.78, 5) is 4.24. The number of ether oxygens (including phenoxy) is 2. The zero-order chi connectivity index (χ0) is 16.6. The molecule has 0 saturated heterocycles. The molecular formula is C18H24IN3O3. The van der Waals surface area contributed by atoms with Crippen LogP contribution in [0.2, 0.25) is 0 Å². The molecule has 136 valence electrons. The van der Waals surface area contributed by atoms with Gasteiger partial charge in [0, 0.05) is 38.5 Å². The molecule has 7 heteroatoms. The van der Waals surface area contributed by atoms with Gasteiger partial charge < -0.3 is 24.5 Å². The van der Waals surface area contributed by atoms with Gasteiger partial charge in [-0.15, -0.1) is 24.0 Å². The highest BCUT2D eigenvalue weighted by molar-refractivity contribution is 14.0. The monoisotopic (exact) mass is 457 g/mol. The summed E-state index contributed by atoms with van der Waals surface area (Å²) >= 11 is 0. The molecule has 0 fully saturated rings. The number of halogens is 1. The number of nitrogens with zero attached hydrogens (tertiary/aromatic N) is 1. The molecule has 2 N–H and O–H groups in total. The lowest BCUT2D eigenvalue weighted by Gasteiger charge is -2.15. The number of furan rings is 1. The Morgan fingerprint density at radius 2 is 2.00 bits per heavy atom. The maximum absolute atomic E-state index is 5.84. The van der Waals surface area contributed by atoms with Crippen molar-refractivity contribution in [1.29, 1.82) is 0 Å². The van der Waals surface area contributed by atoms with Gasteiger partial charge in [0.25, 0.3) is 0 Å². The average molecular weight is 457 g/mol. The second-order valence-electron chi connectivity index (χ2n) is 5.48. The van der Waals surface area contributed by atoms with Gasteiger partial charge in [-0.1, -0.05) is 12.1 Å². The predicted octanol–water partition coefficient (Wildman–Crippen LogP) is 2.97. The van der Waals surface area contributed by atoms with Crippen LogP contribution in [-0.2, 0) is 13.0 Å². The number of nitrogens with one attached hydrogen (secondary N) is 2. The van der Waals surface area contributed by atoms with Gasteiger partial charge >= 0.3 is 0 Å². The zero-order valence-electron chi connectivity index (χ0n) is 14.3. The van der Waals surface area contributed by atoms with Crippen molar-refractivity contribution >= 4 is 29.9 Å². The maximum atomic E-state index is 5.84. The number of benzene rings is 1. The smallest absolute Gasteiger partial charge is 0.191 e. The minimum Gasteiger partial charge on any atom is -0.490 e. The van der Waals surface area contributed by atoms with E-state index in [0.717, 1.165) is 48.2 Å². The van der Waals surface area contributed by atoms with Gasteiger partial charge in [-0.05, 0) is 18.2 Å². The third kappa shape index (κ3) is 5.55. The van der Waals surface area contributed by atoms with Crippen molar-refractivity contribution in [3.8, 4) is 11.5 Å². The Morgan fingerprint density at radius 3 is 2.80 bits per heavy atom. The molecule has 1 aliphatic rings. The standard InChI is InChI=1S/C18H23N3O3.HI/c1-19-18(20-9-8-15-6-3-10-22-15)21-13-14-5-2-7-16-17(14)24-12-4-11-23-16;/h2-3,5-7,10H,4,8-9,11-13H2,1H3,(H2,19,20,21);1H.